The number of fused-ring (bicyclic) bond motifs is 1. The second kappa shape index (κ2) is 5.69. The Morgan fingerprint density at radius 2 is 1.30 bits per heavy atom. The quantitative estimate of drug-likeness (QED) is 0.601. The lowest BCUT2D eigenvalue weighted by Crippen LogP contribution is -2.02. The fraction of sp³-hybridized carbons (Fsp3) is 0.0455. The maximum atomic E-state index is 12.9. The van der Waals surface area contributed by atoms with Crippen LogP contribution >= 0.6 is 0 Å². The van der Waals surface area contributed by atoms with Gasteiger partial charge in [0.25, 0.3) is 0 Å². The Morgan fingerprint density at radius 3 is 2.04 bits per heavy atom. The van der Waals surface area contributed by atoms with Crippen LogP contribution in [0, 0.1) is 0 Å². The predicted octanol–water partition coefficient (Wildman–Crippen LogP) is 5.10. The molecule has 0 heterocycles. The fourth-order valence-electron chi connectivity index (χ4n) is 3.29. The summed E-state index contributed by atoms with van der Waals surface area (Å²) in [5.41, 5.74) is 5.00. The topological polar surface area (TPSA) is 17.1 Å². The lowest BCUT2D eigenvalue weighted by Gasteiger charge is -2.13. The molecular weight excluding hydrogens is 280 g/mol. The highest BCUT2D eigenvalue weighted by atomic mass is 16.1. The number of carbonyl (C=O) groups excluding carboxylic acids is 1. The number of hydrogen-bond donors (Lipinski definition) is 0. The Kier molecular flexibility index (Phi) is 3.39. The summed E-state index contributed by atoms with van der Waals surface area (Å²) in [6.07, 6.45) is 2.03. The molecule has 4 rings (SSSR count). The molecule has 110 valence electrons. The molecule has 1 aliphatic carbocycles. The van der Waals surface area contributed by atoms with Gasteiger partial charge in [0.15, 0.2) is 5.78 Å². The third kappa shape index (κ3) is 2.40. The average Bonchev–Trinajstić information content (AvgIpc) is 2.89. The van der Waals surface area contributed by atoms with E-state index in [1.807, 2.05) is 72.8 Å². The molecule has 23 heavy (non-hydrogen) atoms. The molecule has 0 saturated carbocycles. The van der Waals surface area contributed by atoms with Crippen LogP contribution in [0.25, 0.3) is 6.08 Å². The highest BCUT2D eigenvalue weighted by molar-refractivity contribution is 6.17. The van der Waals surface area contributed by atoms with Gasteiger partial charge in [0.05, 0.1) is 0 Å². The van der Waals surface area contributed by atoms with Gasteiger partial charge in [-0.2, -0.15) is 0 Å². The van der Waals surface area contributed by atoms with Gasteiger partial charge in [-0.25, -0.2) is 0 Å². The predicted molar refractivity (Wildman–Crippen MR) is 93.5 cm³/mol. The zero-order valence-corrected chi connectivity index (χ0v) is 12.6. The lowest BCUT2D eigenvalue weighted by molar-refractivity contribution is 0.103. The zero-order valence-electron chi connectivity index (χ0n) is 12.6. The summed E-state index contributed by atoms with van der Waals surface area (Å²) in [5, 5.41) is 0. The van der Waals surface area contributed by atoms with Gasteiger partial charge >= 0.3 is 0 Å². The van der Waals surface area contributed by atoms with E-state index < -0.39 is 0 Å². The zero-order chi connectivity index (χ0) is 15.6. The molecule has 1 heteroatoms. The minimum Gasteiger partial charge on any atom is -0.289 e. The molecule has 3 aromatic carbocycles. The molecule has 0 fully saturated rings. The van der Waals surface area contributed by atoms with Crippen LogP contribution < -0.4 is 0 Å². The summed E-state index contributed by atoms with van der Waals surface area (Å²) in [4.78, 5) is 12.9. The summed E-state index contributed by atoms with van der Waals surface area (Å²) in [5.74, 6) is 0.151. The van der Waals surface area contributed by atoms with Gasteiger partial charge in [0, 0.05) is 17.1 Å². The maximum Gasteiger partial charge on any atom is 0.190 e. The normalized spacial score (nSPS) is 18.2. The molecule has 0 N–H and O–H groups in total. The van der Waals surface area contributed by atoms with Crippen molar-refractivity contribution in [3.8, 4) is 0 Å². The van der Waals surface area contributed by atoms with E-state index in [0.717, 1.165) is 27.8 Å². The highest BCUT2D eigenvalue weighted by Gasteiger charge is 2.34. The van der Waals surface area contributed by atoms with Crippen molar-refractivity contribution in [1.82, 2.24) is 0 Å². The van der Waals surface area contributed by atoms with E-state index >= 15 is 0 Å². The fourth-order valence-corrected chi connectivity index (χ4v) is 3.29. The Bertz CT molecular complexity index is 876. The van der Waals surface area contributed by atoms with E-state index in [4.69, 9.17) is 0 Å². The van der Waals surface area contributed by atoms with Crippen molar-refractivity contribution in [1.29, 1.82) is 0 Å². The molecule has 0 radical (unpaired) electrons. The first-order chi connectivity index (χ1) is 11.3. The maximum absolute atomic E-state index is 12.9. The Balaban J connectivity index is 1.91. The van der Waals surface area contributed by atoms with Gasteiger partial charge in [-0.15, -0.1) is 0 Å². The van der Waals surface area contributed by atoms with E-state index in [-0.39, 0.29) is 11.7 Å². The number of benzene rings is 3. The van der Waals surface area contributed by atoms with Crippen molar-refractivity contribution in [2.45, 2.75) is 5.92 Å². The number of Topliss-reactive ketones (excluding diaryl/α,β-unsaturated/α-hetero) is 1. The van der Waals surface area contributed by atoms with Crippen molar-refractivity contribution in [3.05, 3.63) is 113 Å². The third-order valence-corrected chi connectivity index (χ3v) is 4.34. The Morgan fingerprint density at radius 1 is 0.696 bits per heavy atom. The first-order valence-electron chi connectivity index (χ1n) is 7.80. The molecular formula is C22H16O. The van der Waals surface area contributed by atoms with Crippen LogP contribution in [0.2, 0.25) is 0 Å². The van der Waals surface area contributed by atoms with Crippen molar-refractivity contribution in [2.75, 3.05) is 0 Å². The van der Waals surface area contributed by atoms with Crippen molar-refractivity contribution in [3.63, 3.8) is 0 Å². The summed E-state index contributed by atoms with van der Waals surface area (Å²) >= 11 is 0. The van der Waals surface area contributed by atoms with Crippen LogP contribution in [0.15, 0.2) is 90.5 Å². The Hall–Kier alpha value is -2.93. The second-order valence-corrected chi connectivity index (χ2v) is 5.77. The monoisotopic (exact) mass is 296 g/mol. The molecule has 1 aliphatic rings. The van der Waals surface area contributed by atoms with E-state index in [1.54, 1.807) is 0 Å². The third-order valence-electron chi connectivity index (χ3n) is 4.34. The first kappa shape index (κ1) is 13.7. The molecule has 0 unspecified atom stereocenters. The van der Waals surface area contributed by atoms with Gasteiger partial charge in [0.2, 0.25) is 0 Å². The molecule has 0 aromatic heterocycles. The minimum atomic E-state index is 0.0140. The van der Waals surface area contributed by atoms with Gasteiger partial charge in [0.1, 0.15) is 0 Å². The van der Waals surface area contributed by atoms with E-state index in [2.05, 4.69) is 18.2 Å². The molecule has 0 aliphatic heterocycles. The summed E-state index contributed by atoms with van der Waals surface area (Å²) in [6.45, 7) is 0. The molecule has 1 atom stereocenters. The van der Waals surface area contributed by atoms with Crippen molar-refractivity contribution < 1.29 is 4.79 Å². The van der Waals surface area contributed by atoms with Gasteiger partial charge in [-0.1, -0.05) is 84.9 Å². The lowest BCUT2D eigenvalue weighted by atomic mass is 9.89. The van der Waals surface area contributed by atoms with Crippen LogP contribution in [0.3, 0.4) is 0 Å². The number of allylic oxidation sites excluding steroid dienone is 1. The largest absolute Gasteiger partial charge is 0.289 e. The summed E-state index contributed by atoms with van der Waals surface area (Å²) < 4.78 is 0. The Labute approximate surface area is 135 Å². The second-order valence-electron chi connectivity index (χ2n) is 5.77. The number of hydrogen-bond acceptors (Lipinski definition) is 1. The minimum absolute atomic E-state index is 0.0140. The summed E-state index contributed by atoms with van der Waals surface area (Å²) in [6, 6.07) is 28.2. The van der Waals surface area contributed by atoms with E-state index in [1.165, 1.54) is 0 Å². The smallest absolute Gasteiger partial charge is 0.190 e. The highest BCUT2D eigenvalue weighted by Crippen LogP contribution is 2.42. The average molecular weight is 296 g/mol. The van der Waals surface area contributed by atoms with Gasteiger partial charge < -0.3 is 0 Å². The molecule has 0 bridgehead atoms. The molecule has 1 nitrogen and oxygen atoms in total. The van der Waals surface area contributed by atoms with Crippen molar-refractivity contribution >= 4 is 11.9 Å². The van der Waals surface area contributed by atoms with Crippen molar-refractivity contribution in [2.24, 2.45) is 0 Å². The van der Waals surface area contributed by atoms with Crippen LogP contribution in [0.1, 0.15) is 33.0 Å². The molecule has 0 amide bonds. The number of ketones is 1. The molecule has 0 saturated heterocycles. The van der Waals surface area contributed by atoms with E-state index in [9.17, 15) is 4.79 Å². The SMILES string of the molecule is O=C1/C(=C\c2ccccc2)[C@H](c2ccccc2)c2ccccc21. The number of rotatable bonds is 2. The molecule has 3 aromatic rings. The van der Waals surface area contributed by atoms with Crippen LogP contribution in [0.4, 0.5) is 0 Å². The van der Waals surface area contributed by atoms with Gasteiger partial charge in [-0.05, 0) is 22.8 Å². The first-order valence-corrected chi connectivity index (χ1v) is 7.80. The van der Waals surface area contributed by atoms with Crippen LogP contribution in [-0.2, 0) is 0 Å². The molecule has 0 spiro atoms. The van der Waals surface area contributed by atoms with Gasteiger partial charge in [-0.3, -0.25) is 4.79 Å². The standard InChI is InChI=1S/C22H16O/c23-22-19-14-8-7-13-18(19)21(17-11-5-2-6-12-17)20(22)15-16-9-3-1-4-10-16/h1-15,21H/b20-15-/t21-/m1/s1. The van der Waals surface area contributed by atoms with E-state index in [0.29, 0.717) is 0 Å². The summed E-state index contributed by atoms with van der Waals surface area (Å²) in [7, 11) is 0. The van der Waals surface area contributed by atoms with Crippen LogP contribution in [-0.4, -0.2) is 5.78 Å². The van der Waals surface area contributed by atoms with Crippen LogP contribution in [0.5, 0.6) is 0 Å². The number of carbonyl (C=O) groups is 1.